The van der Waals surface area contributed by atoms with Gasteiger partial charge in [0.25, 0.3) is 0 Å². The summed E-state index contributed by atoms with van der Waals surface area (Å²) in [5.41, 5.74) is 3.02. The molecule has 0 radical (unpaired) electrons. The maximum Gasteiger partial charge on any atom is 0.326 e. The third kappa shape index (κ3) is 5.08. The number of carbonyl (C=O) groups is 2. The van der Waals surface area contributed by atoms with E-state index in [-0.39, 0.29) is 36.5 Å². The molecule has 38 heavy (non-hydrogen) atoms. The van der Waals surface area contributed by atoms with Crippen LogP contribution in [0, 0.1) is 5.92 Å². The van der Waals surface area contributed by atoms with E-state index in [0.29, 0.717) is 30.4 Å². The molecular formula is C28H36N6O4. The first kappa shape index (κ1) is 25.1. The molecule has 4 amide bonds. The number of carbonyl (C=O) groups excluding carboxylic acids is 2. The highest BCUT2D eigenvalue weighted by molar-refractivity contribution is 5.96. The van der Waals surface area contributed by atoms with E-state index in [4.69, 9.17) is 4.74 Å². The molecule has 0 spiro atoms. The molecule has 1 aliphatic carbocycles. The number of amides is 4. The Labute approximate surface area is 222 Å². The predicted octanol–water partition coefficient (Wildman–Crippen LogP) is 3.82. The van der Waals surface area contributed by atoms with Crippen LogP contribution >= 0.6 is 0 Å². The minimum Gasteiger partial charge on any atom is -0.373 e. The van der Waals surface area contributed by atoms with Crippen molar-refractivity contribution in [2.75, 3.05) is 29.9 Å². The molecule has 10 nitrogen and oxygen atoms in total. The van der Waals surface area contributed by atoms with Crippen LogP contribution in [0.15, 0.2) is 42.6 Å². The number of ether oxygens (including phenoxy) is 1. The van der Waals surface area contributed by atoms with Gasteiger partial charge in [-0.25, -0.2) is 9.59 Å². The van der Waals surface area contributed by atoms with Crippen molar-refractivity contribution in [3.05, 3.63) is 53.9 Å². The molecule has 1 saturated carbocycles. The van der Waals surface area contributed by atoms with Crippen molar-refractivity contribution in [3.63, 3.8) is 0 Å². The van der Waals surface area contributed by atoms with E-state index in [1.165, 1.54) is 12.8 Å². The Morgan fingerprint density at radius 1 is 1.21 bits per heavy atom. The summed E-state index contributed by atoms with van der Waals surface area (Å²) < 4.78 is 6.01. The maximum absolute atomic E-state index is 13.5. The van der Waals surface area contributed by atoms with Gasteiger partial charge in [0.05, 0.1) is 11.4 Å². The largest absolute Gasteiger partial charge is 0.373 e. The van der Waals surface area contributed by atoms with Gasteiger partial charge in [-0.2, -0.15) is 0 Å². The summed E-state index contributed by atoms with van der Waals surface area (Å²) in [6.07, 6.45) is 4.39. The van der Waals surface area contributed by atoms with Crippen LogP contribution in [0.3, 0.4) is 0 Å². The fraction of sp³-hybridized carbons (Fsp3) is 0.536. The van der Waals surface area contributed by atoms with Crippen molar-refractivity contribution in [1.82, 2.24) is 20.1 Å². The topological polar surface area (TPSA) is 114 Å². The molecule has 2 saturated heterocycles. The summed E-state index contributed by atoms with van der Waals surface area (Å²) in [4.78, 5) is 36.4. The van der Waals surface area contributed by atoms with E-state index in [1.54, 1.807) is 17.2 Å². The lowest BCUT2D eigenvalue weighted by molar-refractivity contribution is 0.0977. The first-order chi connectivity index (χ1) is 18.4. The zero-order valence-electron chi connectivity index (χ0n) is 21.9. The molecule has 1 aromatic carbocycles. The second kappa shape index (κ2) is 10.2. The molecule has 4 heterocycles. The number of nitrogens with one attached hydrogen (secondary N) is 2. The van der Waals surface area contributed by atoms with E-state index in [9.17, 15) is 14.7 Å². The highest BCUT2D eigenvalue weighted by Crippen LogP contribution is 2.50. The molecule has 202 valence electrons. The quantitative estimate of drug-likeness (QED) is 0.378. The van der Waals surface area contributed by atoms with Gasteiger partial charge in [0.1, 0.15) is 12.3 Å². The molecule has 3 N–H and O–H groups in total. The van der Waals surface area contributed by atoms with Crippen molar-refractivity contribution in [2.24, 2.45) is 5.92 Å². The normalized spacial score (nSPS) is 25.5. The molecule has 4 atom stereocenters. The molecule has 3 aliphatic heterocycles. The predicted molar refractivity (Wildman–Crippen MR) is 142 cm³/mol. The Hall–Kier alpha value is -3.21. The number of epoxide rings is 1. The van der Waals surface area contributed by atoms with Crippen LogP contribution in [-0.2, 0) is 4.74 Å². The molecule has 4 aliphatic rings. The number of anilines is 2. The lowest BCUT2D eigenvalue weighted by atomic mass is 10.1. The number of hydrogen-bond donors (Lipinski definition) is 3. The van der Waals surface area contributed by atoms with Gasteiger partial charge in [0.2, 0.25) is 0 Å². The number of rotatable bonds is 7. The Kier molecular flexibility index (Phi) is 6.71. The number of nitrogens with zero attached hydrogens (tertiary/aromatic N) is 4. The minimum absolute atomic E-state index is 0.000106. The number of aromatic nitrogens is 1. The fourth-order valence-electron chi connectivity index (χ4n) is 5.60. The fourth-order valence-corrected chi connectivity index (χ4v) is 5.60. The Morgan fingerprint density at radius 2 is 2.05 bits per heavy atom. The molecule has 1 aromatic heterocycles. The number of likely N-dealkylation sites (tertiary alicyclic amines) is 1. The molecule has 3 fully saturated rings. The lowest BCUT2D eigenvalue weighted by Gasteiger charge is -2.34. The number of fused-ring (bicyclic) bond motifs is 3. The van der Waals surface area contributed by atoms with Crippen molar-refractivity contribution in [3.8, 4) is 0 Å². The van der Waals surface area contributed by atoms with Gasteiger partial charge < -0.3 is 20.1 Å². The SMILES string of the molecule is CC(C)N1C(=O)N(CC2CC2)C2OC2c2cc(NC(=O)N3CCC[C@@H](NC(O)c4ccccn4)C3)ccc21. The smallest absolute Gasteiger partial charge is 0.326 e. The van der Waals surface area contributed by atoms with Crippen molar-refractivity contribution >= 4 is 23.4 Å². The first-order valence-corrected chi connectivity index (χ1v) is 13.7. The van der Waals surface area contributed by atoms with E-state index < -0.39 is 6.23 Å². The van der Waals surface area contributed by atoms with Crippen molar-refractivity contribution in [1.29, 1.82) is 0 Å². The number of pyridine rings is 1. The van der Waals surface area contributed by atoms with Gasteiger partial charge in [0.15, 0.2) is 6.23 Å². The number of urea groups is 2. The highest BCUT2D eigenvalue weighted by atomic mass is 16.6. The standard InChI is InChI=1S/C28H36N6O4/c1-17(2)34-23-11-10-19(14-21(23)24-26(38-24)33(28(34)37)15-18-8-9-18)31-27(36)32-13-5-6-20(16-32)30-25(35)22-7-3-4-12-29-22/h3-4,7,10-12,14,17-18,20,24-26,30,35H,5-6,8-9,13,15-16H2,1-2H3,(H,31,36)/t20-,24?,25?,26?/m1/s1. The highest BCUT2D eigenvalue weighted by Gasteiger charge is 2.53. The van der Waals surface area contributed by atoms with Crippen LogP contribution < -0.4 is 15.5 Å². The second-order valence-corrected chi connectivity index (χ2v) is 11.1. The summed E-state index contributed by atoms with van der Waals surface area (Å²) in [6.45, 7) is 5.92. The second-order valence-electron chi connectivity index (χ2n) is 11.1. The van der Waals surface area contributed by atoms with Gasteiger partial charge in [-0.1, -0.05) is 6.07 Å². The van der Waals surface area contributed by atoms with Crippen LogP contribution in [0.5, 0.6) is 0 Å². The molecule has 10 heteroatoms. The molecular weight excluding hydrogens is 484 g/mol. The number of benzene rings is 1. The van der Waals surface area contributed by atoms with Gasteiger partial charge in [-0.15, -0.1) is 0 Å². The van der Waals surface area contributed by atoms with Gasteiger partial charge in [-0.3, -0.25) is 20.1 Å². The molecule has 6 rings (SSSR count). The number of aliphatic hydroxyl groups is 1. The van der Waals surface area contributed by atoms with Gasteiger partial charge in [-0.05, 0) is 75.8 Å². The van der Waals surface area contributed by atoms with Crippen LogP contribution in [0.1, 0.15) is 63.1 Å². The zero-order chi connectivity index (χ0) is 26.4. The summed E-state index contributed by atoms with van der Waals surface area (Å²) >= 11 is 0. The van der Waals surface area contributed by atoms with Gasteiger partial charge >= 0.3 is 12.1 Å². The summed E-state index contributed by atoms with van der Waals surface area (Å²) in [5.74, 6) is 0.571. The van der Waals surface area contributed by atoms with Crippen molar-refractivity contribution in [2.45, 2.75) is 70.2 Å². The zero-order valence-corrected chi connectivity index (χ0v) is 21.9. The van der Waals surface area contributed by atoms with Crippen LogP contribution in [0.25, 0.3) is 0 Å². The van der Waals surface area contributed by atoms with Crippen LogP contribution in [-0.4, -0.2) is 69.9 Å². The van der Waals surface area contributed by atoms with E-state index in [2.05, 4.69) is 15.6 Å². The molecule has 0 bridgehead atoms. The van der Waals surface area contributed by atoms with Gasteiger partial charge in [0, 0.05) is 49.2 Å². The van der Waals surface area contributed by atoms with Crippen LogP contribution in [0.4, 0.5) is 21.0 Å². The third-order valence-corrected chi connectivity index (χ3v) is 7.81. The third-order valence-electron chi connectivity index (χ3n) is 7.81. The summed E-state index contributed by atoms with van der Waals surface area (Å²) in [7, 11) is 0. The van der Waals surface area contributed by atoms with Crippen molar-refractivity contribution < 1.29 is 19.4 Å². The Bertz CT molecular complexity index is 1190. The van der Waals surface area contributed by atoms with Crippen LogP contribution in [0.2, 0.25) is 0 Å². The minimum atomic E-state index is -0.883. The average Bonchev–Trinajstić information content (AvgIpc) is 3.83. The number of aliphatic hydroxyl groups excluding tert-OH is 1. The monoisotopic (exact) mass is 520 g/mol. The maximum atomic E-state index is 13.5. The number of hydrogen-bond acceptors (Lipinski definition) is 6. The number of piperidine rings is 1. The Balaban J connectivity index is 1.14. The first-order valence-electron chi connectivity index (χ1n) is 13.7. The van der Waals surface area contributed by atoms with E-state index in [1.807, 2.05) is 54.0 Å². The molecule has 2 aromatic rings. The van der Waals surface area contributed by atoms with E-state index in [0.717, 1.165) is 30.6 Å². The Morgan fingerprint density at radius 3 is 2.79 bits per heavy atom. The average molecular weight is 521 g/mol. The lowest BCUT2D eigenvalue weighted by Crippen LogP contribution is -2.50. The summed E-state index contributed by atoms with van der Waals surface area (Å²) in [5, 5.41) is 16.8. The van der Waals surface area contributed by atoms with E-state index >= 15 is 0 Å². The summed E-state index contributed by atoms with van der Waals surface area (Å²) in [6, 6.07) is 10.9. The molecule has 3 unspecified atom stereocenters.